The number of hydrogen-bond acceptors (Lipinski definition) is 4. The van der Waals surface area contributed by atoms with E-state index in [9.17, 15) is 0 Å². The minimum atomic E-state index is -1.80. The van der Waals surface area contributed by atoms with Gasteiger partial charge < -0.3 is 14.7 Å². The number of fused-ring (bicyclic) bond motifs is 1. The molecular weight excluding hydrogens is 181 g/mol. The third-order valence-electron chi connectivity index (χ3n) is 1.88. The van der Waals surface area contributed by atoms with Gasteiger partial charge in [-0.2, -0.15) is 0 Å². The molecule has 2 N–H and O–H groups in total. The fourth-order valence-corrected chi connectivity index (χ4v) is 1.30. The molecule has 0 fully saturated rings. The normalized spacial score (nSPS) is 10.1. The summed E-state index contributed by atoms with van der Waals surface area (Å²) >= 11 is 0. The number of nitrogens with zero attached hydrogens (tertiary/aromatic N) is 1. The number of pyridine rings is 1. The molecule has 14 heavy (non-hydrogen) atoms. The SMILES string of the molecule is OB(O)Oc1cccc2ccncc12. The summed E-state index contributed by atoms with van der Waals surface area (Å²) in [7, 11) is -1.80. The van der Waals surface area contributed by atoms with E-state index in [1.54, 1.807) is 24.5 Å². The van der Waals surface area contributed by atoms with Gasteiger partial charge in [-0.05, 0) is 17.5 Å². The Labute approximate surface area is 81.0 Å². The van der Waals surface area contributed by atoms with Crippen molar-refractivity contribution in [3.8, 4) is 5.75 Å². The molecule has 0 spiro atoms. The molecule has 4 nitrogen and oxygen atoms in total. The predicted octanol–water partition coefficient (Wildman–Crippen LogP) is 0.583. The van der Waals surface area contributed by atoms with Gasteiger partial charge in [-0.1, -0.05) is 12.1 Å². The maximum Gasteiger partial charge on any atom is 0.707 e. The molecule has 0 radical (unpaired) electrons. The maximum atomic E-state index is 8.68. The van der Waals surface area contributed by atoms with Crippen LogP contribution in [-0.4, -0.2) is 22.4 Å². The largest absolute Gasteiger partial charge is 0.707 e. The number of hydrogen-bond donors (Lipinski definition) is 2. The highest BCUT2D eigenvalue weighted by Crippen LogP contribution is 2.24. The second-order valence-electron chi connectivity index (χ2n) is 2.80. The molecule has 0 bridgehead atoms. The molecule has 0 aliphatic heterocycles. The average molecular weight is 189 g/mol. The van der Waals surface area contributed by atoms with Crippen molar-refractivity contribution in [3.05, 3.63) is 36.7 Å². The summed E-state index contributed by atoms with van der Waals surface area (Å²) in [5, 5.41) is 19.1. The van der Waals surface area contributed by atoms with E-state index in [2.05, 4.69) is 4.98 Å². The van der Waals surface area contributed by atoms with Crippen LogP contribution in [0.15, 0.2) is 36.7 Å². The first-order valence-corrected chi connectivity index (χ1v) is 4.13. The van der Waals surface area contributed by atoms with Gasteiger partial charge in [0.05, 0.1) is 0 Å². The Morgan fingerprint density at radius 2 is 2.07 bits per heavy atom. The second-order valence-corrected chi connectivity index (χ2v) is 2.80. The van der Waals surface area contributed by atoms with Crippen LogP contribution < -0.4 is 4.65 Å². The summed E-state index contributed by atoms with van der Waals surface area (Å²) in [6.07, 6.45) is 3.29. The van der Waals surface area contributed by atoms with Crippen LogP contribution in [0.1, 0.15) is 0 Å². The van der Waals surface area contributed by atoms with Crippen LogP contribution in [0.2, 0.25) is 0 Å². The lowest BCUT2D eigenvalue weighted by molar-refractivity contribution is 0.289. The van der Waals surface area contributed by atoms with Crippen LogP contribution in [0, 0.1) is 0 Å². The number of rotatable bonds is 2. The van der Waals surface area contributed by atoms with Crippen LogP contribution >= 0.6 is 0 Å². The summed E-state index contributed by atoms with van der Waals surface area (Å²) in [4.78, 5) is 3.94. The topological polar surface area (TPSA) is 62.6 Å². The van der Waals surface area contributed by atoms with Crippen molar-refractivity contribution in [2.45, 2.75) is 0 Å². The molecule has 1 heterocycles. The molecule has 5 heteroatoms. The van der Waals surface area contributed by atoms with Crippen LogP contribution in [0.25, 0.3) is 10.8 Å². The average Bonchev–Trinajstić information content (AvgIpc) is 2.18. The summed E-state index contributed by atoms with van der Waals surface area (Å²) in [5.74, 6) is 0.408. The summed E-state index contributed by atoms with van der Waals surface area (Å²) in [6.45, 7) is 0. The molecule has 0 saturated carbocycles. The number of aromatic nitrogens is 1. The second kappa shape index (κ2) is 3.65. The minimum Gasteiger partial charge on any atom is -0.511 e. The molecule has 2 rings (SSSR count). The van der Waals surface area contributed by atoms with Gasteiger partial charge in [0.2, 0.25) is 0 Å². The Morgan fingerprint density at radius 1 is 1.21 bits per heavy atom. The van der Waals surface area contributed by atoms with Crippen molar-refractivity contribution in [2.75, 3.05) is 0 Å². The zero-order valence-corrected chi connectivity index (χ0v) is 7.29. The highest BCUT2D eigenvalue weighted by Gasteiger charge is 2.12. The molecule has 0 aliphatic carbocycles. The van der Waals surface area contributed by atoms with Crippen molar-refractivity contribution in [3.63, 3.8) is 0 Å². The van der Waals surface area contributed by atoms with Crippen LogP contribution in [0.4, 0.5) is 0 Å². The van der Waals surface area contributed by atoms with Crippen molar-refractivity contribution in [1.29, 1.82) is 0 Å². The lowest BCUT2D eigenvalue weighted by Crippen LogP contribution is -2.20. The smallest absolute Gasteiger partial charge is 0.511 e. The van der Waals surface area contributed by atoms with Gasteiger partial charge in [0.25, 0.3) is 0 Å². The Kier molecular flexibility index (Phi) is 2.34. The standard InChI is InChI=1S/C9H8BNO3/c12-10(13)14-9-3-1-2-7-4-5-11-6-8(7)9/h1-6,12-13H. The third kappa shape index (κ3) is 1.68. The Hall–Kier alpha value is -1.59. The van der Waals surface area contributed by atoms with Gasteiger partial charge in [0, 0.05) is 17.8 Å². The molecule has 1 aromatic carbocycles. The van der Waals surface area contributed by atoms with E-state index < -0.39 is 7.32 Å². The lowest BCUT2D eigenvalue weighted by Gasteiger charge is -2.07. The third-order valence-corrected chi connectivity index (χ3v) is 1.88. The van der Waals surface area contributed by atoms with Gasteiger partial charge in [0.1, 0.15) is 5.75 Å². The van der Waals surface area contributed by atoms with E-state index in [-0.39, 0.29) is 0 Å². The van der Waals surface area contributed by atoms with Crippen LogP contribution in [0.5, 0.6) is 5.75 Å². The monoisotopic (exact) mass is 189 g/mol. The van der Waals surface area contributed by atoms with E-state index in [0.29, 0.717) is 5.75 Å². The molecule has 1 aromatic heterocycles. The molecule has 2 aromatic rings. The predicted molar refractivity (Wildman–Crippen MR) is 52.6 cm³/mol. The first-order valence-electron chi connectivity index (χ1n) is 4.13. The first-order chi connectivity index (χ1) is 6.77. The van der Waals surface area contributed by atoms with Gasteiger partial charge in [-0.25, -0.2) is 0 Å². The van der Waals surface area contributed by atoms with Crippen molar-refractivity contribution in [1.82, 2.24) is 4.98 Å². The number of benzene rings is 1. The quantitative estimate of drug-likeness (QED) is 0.678. The van der Waals surface area contributed by atoms with E-state index in [0.717, 1.165) is 10.8 Å². The Morgan fingerprint density at radius 3 is 2.86 bits per heavy atom. The molecule has 0 amide bonds. The minimum absolute atomic E-state index is 0.408. The molecule has 0 unspecified atom stereocenters. The highest BCUT2D eigenvalue weighted by molar-refractivity contribution is 6.34. The summed E-state index contributed by atoms with van der Waals surface area (Å²) in [5.41, 5.74) is 0. The molecule has 0 aliphatic rings. The van der Waals surface area contributed by atoms with E-state index in [1.807, 2.05) is 12.1 Å². The maximum absolute atomic E-state index is 8.68. The fraction of sp³-hybridized carbons (Fsp3) is 0. The molecule has 0 atom stereocenters. The van der Waals surface area contributed by atoms with Crippen molar-refractivity contribution < 1.29 is 14.7 Å². The van der Waals surface area contributed by atoms with Crippen LogP contribution in [0.3, 0.4) is 0 Å². The summed E-state index contributed by atoms with van der Waals surface area (Å²) < 4.78 is 4.80. The Bertz CT molecular complexity index is 442. The van der Waals surface area contributed by atoms with E-state index >= 15 is 0 Å². The first kappa shape index (κ1) is 8.99. The zero-order chi connectivity index (χ0) is 9.97. The van der Waals surface area contributed by atoms with Crippen molar-refractivity contribution in [2.24, 2.45) is 0 Å². The molecule has 70 valence electrons. The van der Waals surface area contributed by atoms with Crippen LogP contribution in [-0.2, 0) is 0 Å². The van der Waals surface area contributed by atoms with Gasteiger partial charge in [-0.3, -0.25) is 4.98 Å². The van der Waals surface area contributed by atoms with E-state index in [4.69, 9.17) is 14.7 Å². The van der Waals surface area contributed by atoms with Crippen molar-refractivity contribution >= 4 is 18.1 Å². The molecule has 0 saturated heterocycles. The summed E-state index contributed by atoms with van der Waals surface area (Å²) in [6, 6.07) is 7.16. The molecular formula is C9H8BNO3. The lowest BCUT2D eigenvalue weighted by atomic mass is 10.1. The Balaban J connectivity index is 2.53. The highest BCUT2D eigenvalue weighted by atomic mass is 16.6. The zero-order valence-electron chi connectivity index (χ0n) is 7.29. The van der Waals surface area contributed by atoms with Gasteiger partial charge in [-0.15, -0.1) is 0 Å². The van der Waals surface area contributed by atoms with Gasteiger partial charge in [0.15, 0.2) is 0 Å². The van der Waals surface area contributed by atoms with E-state index in [1.165, 1.54) is 0 Å². The fourth-order valence-electron chi connectivity index (χ4n) is 1.30. The van der Waals surface area contributed by atoms with Gasteiger partial charge >= 0.3 is 7.32 Å².